The van der Waals surface area contributed by atoms with Gasteiger partial charge in [0.1, 0.15) is 0 Å². The number of nitrogens with zero attached hydrogens (tertiary/aromatic N) is 1. The Morgan fingerprint density at radius 1 is 0.200 bits per heavy atom. The van der Waals surface area contributed by atoms with E-state index in [9.17, 15) is 0 Å². The average Bonchev–Trinajstić information content (AvgIpc) is 3.85. The minimum absolute atomic E-state index is 0.933. The van der Waals surface area contributed by atoms with Crippen LogP contribution in [0.1, 0.15) is 225 Å². The van der Waals surface area contributed by atoms with E-state index >= 15 is 0 Å². The smallest absolute Gasteiger partial charge is 0.0104 e. The van der Waals surface area contributed by atoms with Gasteiger partial charge in [-0.05, 0) is 217 Å². The summed E-state index contributed by atoms with van der Waals surface area (Å²) in [7, 11) is 0. The van der Waals surface area contributed by atoms with Gasteiger partial charge in [-0.3, -0.25) is 4.90 Å². The molecule has 13 unspecified atom stereocenters. The summed E-state index contributed by atoms with van der Waals surface area (Å²) in [5.41, 5.74) is 0. The fourth-order valence-electron chi connectivity index (χ4n) is 20.1. The Morgan fingerprint density at radius 2 is 0.545 bits per heavy atom. The van der Waals surface area contributed by atoms with Crippen molar-refractivity contribution in [3.63, 3.8) is 0 Å². The Bertz CT molecular complexity index is 1220. The third-order valence-electron chi connectivity index (χ3n) is 22.3. The van der Waals surface area contributed by atoms with E-state index in [1.54, 1.807) is 199 Å². The first kappa shape index (κ1) is 37.9. The number of hydrogen-bond donors (Lipinski definition) is 0. The lowest BCUT2D eigenvalue weighted by Gasteiger charge is -2.53. The second kappa shape index (κ2) is 16.8. The SMILES string of the molecule is C1CCC(C2CCC(N(C3CCC(C4CCC5C(C4)CC4CC6CCCCC6C(C6CC7CCCCC7C6)C45)CC3)C3CCC4CCCCC4C3)CC2)CC1. The lowest BCUT2D eigenvalue weighted by atomic mass is 9.53. The average molecular weight is 752 g/mol. The first-order chi connectivity index (χ1) is 27.2. The topological polar surface area (TPSA) is 3.24 Å². The minimum Gasteiger partial charge on any atom is -0.294 e. The standard InChI is InChI=1S/C54H89N/c1-2-10-36(11-3-1)38-18-24-48(25-19-38)55(50-28-22-37-12-4-5-15-42(37)35-50)49-26-20-39(21-27-49)43-23-29-52-45(30-43)34-47-33-44-16-8-9-17-51(44)53(54(47)52)46-31-40-13-6-7-14-41(40)32-46/h36-54H,1-35H2. The van der Waals surface area contributed by atoms with Gasteiger partial charge in [0.15, 0.2) is 0 Å². The summed E-state index contributed by atoms with van der Waals surface area (Å²) in [6.07, 6.45) is 55.7. The van der Waals surface area contributed by atoms with E-state index in [0.717, 1.165) is 113 Å². The fraction of sp³-hybridized carbons (Fsp3) is 1.00. The van der Waals surface area contributed by atoms with Crippen molar-refractivity contribution in [3.05, 3.63) is 0 Å². The van der Waals surface area contributed by atoms with Crippen LogP contribution in [0, 0.1) is 94.7 Å². The van der Waals surface area contributed by atoms with Crippen LogP contribution in [0.4, 0.5) is 0 Å². The second-order valence-corrected chi connectivity index (χ2v) is 24.4. The molecule has 13 atom stereocenters. The fourth-order valence-corrected chi connectivity index (χ4v) is 20.1. The molecule has 0 aromatic rings. The molecule has 0 N–H and O–H groups in total. The van der Waals surface area contributed by atoms with Crippen LogP contribution in [0.2, 0.25) is 0 Å². The van der Waals surface area contributed by atoms with Crippen molar-refractivity contribution in [2.24, 2.45) is 94.7 Å². The van der Waals surface area contributed by atoms with Crippen LogP contribution in [-0.4, -0.2) is 23.0 Å². The molecule has 0 bridgehead atoms. The van der Waals surface area contributed by atoms with E-state index in [4.69, 9.17) is 0 Å². The van der Waals surface area contributed by atoms with Crippen LogP contribution >= 0.6 is 0 Å². The van der Waals surface area contributed by atoms with Gasteiger partial charge in [-0.2, -0.15) is 0 Å². The normalized spacial score (nSPS) is 52.1. The molecule has 11 fully saturated rings. The van der Waals surface area contributed by atoms with Crippen LogP contribution < -0.4 is 0 Å². The van der Waals surface area contributed by atoms with Crippen molar-refractivity contribution in [1.82, 2.24) is 4.90 Å². The van der Waals surface area contributed by atoms with E-state index in [2.05, 4.69) is 4.90 Å². The number of hydrogen-bond acceptors (Lipinski definition) is 1. The number of rotatable bonds is 6. The molecule has 11 aliphatic rings. The molecule has 0 radical (unpaired) electrons. The summed E-state index contributed by atoms with van der Waals surface area (Å²) in [6, 6.07) is 2.81. The van der Waals surface area contributed by atoms with Gasteiger partial charge in [-0.1, -0.05) is 103 Å². The lowest BCUT2D eigenvalue weighted by molar-refractivity contribution is -0.0371. The maximum Gasteiger partial charge on any atom is 0.0104 e. The summed E-state index contributed by atoms with van der Waals surface area (Å²) >= 11 is 0. The highest BCUT2D eigenvalue weighted by molar-refractivity contribution is 5.07. The number of fused-ring (bicyclic) bond motifs is 6. The largest absolute Gasteiger partial charge is 0.294 e. The Morgan fingerprint density at radius 3 is 1.16 bits per heavy atom. The maximum atomic E-state index is 3.37. The summed E-state index contributed by atoms with van der Waals surface area (Å²) in [5.74, 6) is 17.9. The molecule has 0 aromatic carbocycles. The van der Waals surface area contributed by atoms with Crippen molar-refractivity contribution < 1.29 is 0 Å². The van der Waals surface area contributed by atoms with Crippen molar-refractivity contribution in [2.45, 2.75) is 243 Å². The third-order valence-corrected chi connectivity index (χ3v) is 22.3. The van der Waals surface area contributed by atoms with Gasteiger partial charge in [0.2, 0.25) is 0 Å². The van der Waals surface area contributed by atoms with Crippen molar-refractivity contribution in [3.8, 4) is 0 Å². The Kier molecular flexibility index (Phi) is 11.6. The summed E-state index contributed by atoms with van der Waals surface area (Å²) in [4.78, 5) is 3.37. The maximum absolute atomic E-state index is 3.37. The monoisotopic (exact) mass is 752 g/mol. The predicted molar refractivity (Wildman–Crippen MR) is 231 cm³/mol. The molecule has 0 aliphatic heterocycles. The van der Waals surface area contributed by atoms with E-state index in [1.807, 2.05) is 0 Å². The molecule has 0 heterocycles. The molecule has 0 aromatic heterocycles. The molecule has 0 amide bonds. The molecule has 1 nitrogen and oxygen atoms in total. The van der Waals surface area contributed by atoms with Crippen LogP contribution in [0.5, 0.6) is 0 Å². The first-order valence-corrected chi connectivity index (χ1v) is 27.0. The Labute approximate surface area is 341 Å². The molecular formula is C54H89N. The summed E-state index contributed by atoms with van der Waals surface area (Å²) in [6.45, 7) is 0. The molecular weight excluding hydrogens is 663 g/mol. The van der Waals surface area contributed by atoms with Crippen molar-refractivity contribution in [2.75, 3.05) is 0 Å². The molecule has 11 saturated carbocycles. The van der Waals surface area contributed by atoms with Gasteiger partial charge in [0.25, 0.3) is 0 Å². The zero-order valence-electron chi connectivity index (χ0n) is 36.2. The van der Waals surface area contributed by atoms with Gasteiger partial charge in [-0.15, -0.1) is 0 Å². The van der Waals surface area contributed by atoms with Gasteiger partial charge in [-0.25, -0.2) is 0 Å². The molecule has 1 heteroatoms. The lowest BCUT2D eigenvalue weighted by Crippen LogP contribution is -2.54. The predicted octanol–water partition coefficient (Wildman–Crippen LogP) is 15.1. The highest BCUT2D eigenvalue weighted by Gasteiger charge is 2.58. The van der Waals surface area contributed by atoms with Gasteiger partial charge in [0.05, 0.1) is 0 Å². The van der Waals surface area contributed by atoms with Crippen molar-refractivity contribution in [1.29, 1.82) is 0 Å². The highest BCUT2D eigenvalue weighted by Crippen LogP contribution is 2.66. The summed E-state index contributed by atoms with van der Waals surface area (Å²) < 4.78 is 0. The molecule has 0 spiro atoms. The van der Waals surface area contributed by atoms with Crippen molar-refractivity contribution >= 4 is 0 Å². The van der Waals surface area contributed by atoms with Gasteiger partial charge < -0.3 is 0 Å². The van der Waals surface area contributed by atoms with E-state index in [-0.39, 0.29) is 0 Å². The zero-order valence-corrected chi connectivity index (χ0v) is 36.2. The van der Waals surface area contributed by atoms with Crippen LogP contribution in [0.15, 0.2) is 0 Å². The molecule has 11 rings (SSSR count). The van der Waals surface area contributed by atoms with E-state index in [1.165, 1.54) is 25.7 Å². The second-order valence-electron chi connectivity index (χ2n) is 24.4. The van der Waals surface area contributed by atoms with Crippen LogP contribution in [-0.2, 0) is 0 Å². The Balaban J connectivity index is 0.746. The third kappa shape index (κ3) is 7.54. The highest BCUT2D eigenvalue weighted by atomic mass is 15.2. The molecule has 11 aliphatic carbocycles. The van der Waals surface area contributed by atoms with Gasteiger partial charge in [0, 0.05) is 18.1 Å². The molecule has 0 saturated heterocycles. The Hall–Kier alpha value is -0.0400. The quantitative estimate of drug-likeness (QED) is 0.261. The summed E-state index contributed by atoms with van der Waals surface area (Å²) in [5, 5.41) is 0. The molecule has 310 valence electrons. The first-order valence-electron chi connectivity index (χ1n) is 27.0. The van der Waals surface area contributed by atoms with Gasteiger partial charge >= 0.3 is 0 Å². The zero-order chi connectivity index (χ0) is 36.3. The van der Waals surface area contributed by atoms with E-state index < -0.39 is 0 Å². The van der Waals surface area contributed by atoms with Crippen LogP contribution in [0.25, 0.3) is 0 Å². The molecule has 55 heavy (non-hydrogen) atoms. The van der Waals surface area contributed by atoms with E-state index in [0.29, 0.717) is 0 Å². The minimum atomic E-state index is 0.933. The van der Waals surface area contributed by atoms with Crippen LogP contribution in [0.3, 0.4) is 0 Å².